The molecular weight excluding hydrogens is 308 g/mol. The van der Waals surface area contributed by atoms with Crippen molar-refractivity contribution in [3.63, 3.8) is 0 Å². The molecule has 1 unspecified atom stereocenters. The minimum Gasteiger partial charge on any atom is -0.243 e. The minimum atomic E-state index is -3.69. The lowest BCUT2D eigenvalue weighted by atomic mass is 10.1. The molecule has 112 valence electrons. The molecule has 1 atom stereocenters. The van der Waals surface area contributed by atoms with Crippen molar-refractivity contribution in [2.24, 2.45) is 0 Å². The van der Waals surface area contributed by atoms with Crippen LogP contribution < -0.4 is 0 Å². The van der Waals surface area contributed by atoms with Gasteiger partial charge in [-0.05, 0) is 31.5 Å². The Morgan fingerprint density at radius 1 is 1.19 bits per heavy atom. The second-order valence-electron chi connectivity index (χ2n) is 4.90. The maximum Gasteiger partial charge on any atom is 0.246 e. The van der Waals surface area contributed by atoms with E-state index in [-0.39, 0.29) is 16.1 Å². The molecule has 0 radical (unpaired) electrons. The van der Waals surface area contributed by atoms with Gasteiger partial charge in [0.2, 0.25) is 10.0 Å². The van der Waals surface area contributed by atoms with Crippen molar-refractivity contribution >= 4 is 21.6 Å². The summed E-state index contributed by atoms with van der Waals surface area (Å²) < 4.78 is 26.6. The van der Waals surface area contributed by atoms with Crippen LogP contribution in [0.3, 0.4) is 0 Å². The molecule has 0 saturated heterocycles. The first-order valence-electron chi connectivity index (χ1n) is 6.49. The molecule has 0 amide bonds. The van der Waals surface area contributed by atoms with Crippen molar-refractivity contribution in [1.29, 1.82) is 0 Å². The Hall–Kier alpha value is -1.43. The third kappa shape index (κ3) is 3.26. The summed E-state index contributed by atoms with van der Waals surface area (Å²) in [6, 6.07) is 10.5. The first kappa shape index (κ1) is 15.9. The highest BCUT2D eigenvalue weighted by Crippen LogP contribution is 2.28. The van der Waals surface area contributed by atoms with Crippen molar-refractivity contribution in [2.45, 2.75) is 24.8 Å². The largest absolute Gasteiger partial charge is 0.246 e. The monoisotopic (exact) mass is 324 g/mol. The van der Waals surface area contributed by atoms with E-state index < -0.39 is 10.0 Å². The van der Waals surface area contributed by atoms with Crippen LogP contribution in [0.4, 0.5) is 0 Å². The smallest absolute Gasteiger partial charge is 0.243 e. The number of rotatable bonds is 4. The quantitative estimate of drug-likeness (QED) is 0.810. The molecule has 21 heavy (non-hydrogen) atoms. The van der Waals surface area contributed by atoms with E-state index in [4.69, 9.17) is 11.6 Å². The number of hydrogen-bond acceptors (Lipinski definition) is 3. The molecule has 0 bridgehead atoms. The van der Waals surface area contributed by atoms with Gasteiger partial charge < -0.3 is 0 Å². The molecule has 1 heterocycles. The van der Waals surface area contributed by atoms with Gasteiger partial charge in [0.25, 0.3) is 0 Å². The van der Waals surface area contributed by atoms with Gasteiger partial charge in [0, 0.05) is 19.3 Å². The summed E-state index contributed by atoms with van der Waals surface area (Å²) in [7, 11) is -2.14. The second-order valence-corrected chi connectivity index (χ2v) is 7.22. The van der Waals surface area contributed by atoms with Crippen molar-refractivity contribution in [3.05, 3.63) is 58.9 Å². The van der Waals surface area contributed by atoms with Gasteiger partial charge in [-0.15, -0.1) is 0 Å². The van der Waals surface area contributed by atoms with E-state index in [1.54, 1.807) is 13.1 Å². The molecule has 1 aromatic heterocycles. The lowest BCUT2D eigenvalue weighted by Crippen LogP contribution is -2.30. The van der Waals surface area contributed by atoms with Crippen molar-refractivity contribution in [1.82, 2.24) is 9.29 Å². The first-order valence-corrected chi connectivity index (χ1v) is 8.31. The number of halogens is 1. The van der Waals surface area contributed by atoms with Crippen LogP contribution in [0.25, 0.3) is 0 Å². The standard InChI is InChI=1S/C15H17ClN2O2S/c1-11-6-8-13(9-7-11)12(2)18(3)21(19,20)14-5-4-10-17-15(14)16/h4-10,12H,1-3H3. The zero-order valence-electron chi connectivity index (χ0n) is 12.1. The van der Waals surface area contributed by atoms with E-state index >= 15 is 0 Å². The fourth-order valence-electron chi connectivity index (χ4n) is 1.98. The zero-order chi connectivity index (χ0) is 15.6. The first-order chi connectivity index (χ1) is 9.84. The van der Waals surface area contributed by atoms with Gasteiger partial charge >= 0.3 is 0 Å². The normalized spacial score (nSPS) is 13.4. The van der Waals surface area contributed by atoms with Crippen LogP contribution in [0.5, 0.6) is 0 Å². The highest BCUT2D eigenvalue weighted by molar-refractivity contribution is 7.89. The summed E-state index contributed by atoms with van der Waals surface area (Å²) >= 11 is 5.91. The molecule has 6 heteroatoms. The maximum atomic E-state index is 12.6. The fourth-order valence-corrected chi connectivity index (χ4v) is 3.76. The van der Waals surface area contributed by atoms with Crippen molar-refractivity contribution in [2.75, 3.05) is 7.05 Å². The molecule has 0 spiro atoms. The molecule has 0 aliphatic heterocycles. The summed E-state index contributed by atoms with van der Waals surface area (Å²) in [5, 5.41) is -0.0135. The number of pyridine rings is 1. The van der Waals surface area contributed by atoms with Crippen molar-refractivity contribution < 1.29 is 8.42 Å². The molecule has 0 N–H and O–H groups in total. The fraction of sp³-hybridized carbons (Fsp3) is 0.267. The van der Waals surface area contributed by atoms with Crippen LogP contribution >= 0.6 is 11.6 Å². The van der Waals surface area contributed by atoms with Gasteiger partial charge in [-0.2, -0.15) is 4.31 Å². The second kappa shape index (κ2) is 6.13. The third-order valence-electron chi connectivity index (χ3n) is 3.49. The Kier molecular flexibility index (Phi) is 4.66. The number of aromatic nitrogens is 1. The summed E-state index contributed by atoms with van der Waals surface area (Å²) in [6.07, 6.45) is 1.46. The van der Waals surface area contributed by atoms with E-state index in [1.807, 2.05) is 38.1 Å². The van der Waals surface area contributed by atoms with Gasteiger partial charge in [-0.3, -0.25) is 0 Å². The Balaban J connectivity index is 2.36. The summed E-state index contributed by atoms with van der Waals surface area (Å²) in [5.41, 5.74) is 2.05. The van der Waals surface area contributed by atoms with Gasteiger partial charge in [-0.1, -0.05) is 41.4 Å². The lowest BCUT2D eigenvalue weighted by Gasteiger charge is -2.25. The van der Waals surface area contributed by atoms with E-state index in [1.165, 1.54) is 16.6 Å². The molecule has 0 aliphatic carbocycles. The Bertz CT molecular complexity index is 730. The molecule has 0 saturated carbocycles. The van der Waals surface area contributed by atoms with Crippen LogP contribution in [0.2, 0.25) is 5.15 Å². The molecule has 0 fully saturated rings. The summed E-state index contributed by atoms with van der Waals surface area (Å²) in [4.78, 5) is 3.85. The molecule has 0 aliphatic rings. The molecule has 2 rings (SSSR count). The highest BCUT2D eigenvalue weighted by Gasteiger charge is 2.28. The van der Waals surface area contributed by atoms with Gasteiger partial charge in [0.05, 0.1) is 0 Å². The van der Waals surface area contributed by atoms with E-state index in [0.29, 0.717) is 0 Å². The van der Waals surface area contributed by atoms with Crippen molar-refractivity contribution in [3.8, 4) is 0 Å². The molecule has 4 nitrogen and oxygen atoms in total. The third-order valence-corrected chi connectivity index (χ3v) is 5.86. The summed E-state index contributed by atoms with van der Waals surface area (Å²) in [6.45, 7) is 3.83. The number of nitrogens with zero attached hydrogens (tertiary/aromatic N) is 2. The SMILES string of the molecule is Cc1ccc(C(C)N(C)S(=O)(=O)c2cccnc2Cl)cc1. The highest BCUT2D eigenvalue weighted by atomic mass is 35.5. The lowest BCUT2D eigenvalue weighted by molar-refractivity contribution is 0.398. The van der Waals surface area contributed by atoms with Crippen LogP contribution in [0, 0.1) is 6.92 Å². The average Bonchev–Trinajstić information content (AvgIpc) is 2.46. The predicted molar refractivity (Wildman–Crippen MR) is 83.8 cm³/mol. The average molecular weight is 325 g/mol. The van der Waals surface area contributed by atoms with Crippen LogP contribution in [0.15, 0.2) is 47.5 Å². The number of benzene rings is 1. The van der Waals surface area contributed by atoms with Gasteiger partial charge in [0.1, 0.15) is 10.0 Å². The number of aryl methyl sites for hydroxylation is 1. The number of hydrogen-bond donors (Lipinski definition) is 0. The molecular formula is C15H17ClN2O2S. The van der Waals surface area contributed by atoms with Crippen LogP contribution in [-0.4, -0.2) is 24.8 Å². The van der Waals surface area contributed by atoms with Gasteiger partial charge in [-0.25, -0.2) is 13.4 Å². The predicted octanol–water partition coefficient (Wildman–Crippen LogP) is 3.43. The van der Waals surface area contributed by atoms with Crippen LogP contribution in [0.1, 0.15) is 24.1 Å². The zero-order valence-corrected chi connectivity index (χ0v) is 13.7. The van der Waals surface area contributed by atoms with E-state index in [9.17, 15) is 8.42 Å². The Morgan fingerprint density at radius 2 is 1.81 bits per heavy atom. The topological polar surface area (TPSA) is 50.3 Å². The Morgan fingerprint density at radius 3 is 2.38 bits per heavy atom. The molecule has 1 aromatic carbocycles. The maximum absolute atomic E-state index is 12.6. The van der Waals surface area contributed by atoms with Gasteiger partial charge in [0.15, 0.2) is 0 Å². The number of sulfonamides is 1. The Labute approximate surface area is 130 Å². The van der Waals surface area contributed by atoms with E-state index in [2.05, 4.69) is 4.98 Å². The summed E-state index contributed by atoms with van der Waals surface area (Å²) in [5.74, 6) is 0. The minimum absolute atomic E-state index is 0.0135. The molecule has 2 aromatic rings. The van der Waals surface area contributed by atoms with E-state index in [0.717, 1.165) is 11.1 Å². The van der Waals surface area contributed by atoms with Crippen LogP contribution in [-0.2, 0) is 10.0 Å².